The summed E-state index contributed by atoms with van der Waals surface area (Å²) in [6.45, 7) is 0. The van der Waals surface area contributed by atoms with Crippen LogP contribution in [0.5, 0.6) is 0 Å². The molecule has 1 aromatic heterocycles. The molecule has 0 radical (unpaired) electrons. The lowest BCUT2D eigenvalue weighted by molar-refractivity contribution is 0.125. The van der Waals surface area contributed by atoms with Crippen molar-refractivity contribution < 1.29 is 9.90 Å². The van der Waals surface area contributed by atoms with Gasteiger partial charge in [-0.3, -0.25) is 0 Å². The smallest absolute Gasteiger partial charge is 0.407 e. The van der Waals surface area contributed by atoms with Crippen molar-refractivity contribution >= 4 is 11.9 Å². The predicted octanol–water partition coefficient (Wildman–Crippen LogP) is 2.41. The summed E-state index contributed by atoms with van der Waals surface area (Å²) < 4.78 is 0. The second-order valence-electron chi connectivity index (χ2n) is 4.76. The average molecular weight is 249 g/mol. The van der Waals surface area contributed by atoms with Crippen LogP contribution in [-0.2, 0) is 0 Å². The van der Waals surface area contributed by atoms with Crippen molar-refractivity contribution in [1.82, 2.24) is 9.88 Å². The molecular formula is C13H19N3O2. The summed E-state index contributed by atoms with van der Waals surface area (Å²) in [5.74, 6) is 0.896. The summed E-state index contributed by atoms with van der Waals surface area (Å²) in [5, 5.41) is 12.3. The van der Waals surface area contributed by atoms with Gasteiger partial charge in [-0.1, -0.05) is 6.07 Å². The molecule has 0 saturated heterocycles. The highest BCUT2D eigenvalue weighted by Gasteiger charge is 2.26. The number of anilines is 1. The van der Waals surface area contributed by atoms with Crippen LogP contribution in [0.15, 0.2) is 24.4 Å². The second-order valence-corrected chi connectivity index (χ2v) is 4.76. The van der Waals surface area contributed by atoms with Crippen molar-refractivity contribution in [2.45, 2.75) is 37.8 Å². The van der Waals surface area contributed by atoms with E-state index in [0.717, 1.165) is 31.5 Å². The molecule has 0 atom stereocenters. The van der Waals surface area contributed by atoms with E-state index in [2.05, 4.69) is 10.3 Å². The number of amides is 1. The number of nitrogens with zero attached hydrogens (tertiary/aromatic N) is 2. The first-order valence-electron chi connectivity index (χ1n) is 6.30. The van der Waals surface area contributed by atoms with Gasteiger partial charge in [0.1, 0.15) is 5.82 Å². The van der Waals surface area contributed by atoms with Crippen molar-refractivity contribution in [2.75, 3.05) is 12.4 Å². The van der Waals surface area contributed by atoms with Crippen molar-refractivity contribution in [3.8, 4) is 0 Å². The molecule has 1 aromatic rings. The Morgan fingerprint density at radius 1 is 1.39 bits per heavy atom. The first kappa shape index (κ1) is 12.7. The zero-order chi connectivity index (χ0) is 13.0. The Bertz CT molecular complexity index is 388. The van der Waals surface area contributed by atoms with Crippen molar-refractivity contribution in [3.63, 3.8) is 0 Å². The molecule has 18 heavy (non-hydrogen) atoms. The van der Waals surface area contributed by atoms with Crippen LogP contribution in [0.2, 0.25) is 0 Å². The maximum atomic E-state index is 10.9. The fourth-order valence-corrected chi connectivity index (χ4v) is 2.42. The quantitative estimate of drug-likeness (QED) is 0.863. The van der Waals surface area contributed by atoms with Crippen molar-refractivity contribution in [3.05, 3.63) is 24.4 Å². The standard InChI is InChI=1S/C13H19N3O2/c1-16(13(17)18)11-7-5-10(6-8-11)15-12-4-2-3-9-14-12/h2-4,9-11H,5-8H2,1H3,(H,14,15)(H,17,18). The Morgan fingerprint density at radius 2 is 2.11 bits per heavy atom. The Labute approximate surface area is 107 Å². The molecule has 5 heteroatoms. The molecule has 0 spiro atoms. The summed E-state index contributed by atoms with van der Waals surface area (Å²) >= 11 is 0. The Hall–Kier alpha value is -1.78. The largest absolute Gasteiger partial charge is 0.465 e. The van der Waals surface area contributed by atoms with Gasteiger partial charge >= 0.3 is 6.09 Å². The number of carbonyl (C=O) groups is 1. The van der Waals surface area contributed by atoms with Gasteiger partial charge in [-0.05, 0) is 37.8 Å². The molecule has 1 aliphatic rings. The highest BCUT2D eigenvalue weighted by atomic mass is 16.4. The van der Waals surface area contributed by atoms with Crippen LogP contribution < -0.4 is 5.32 Å². The molecule has 1 aliphatic carbocycles. The molecule has 1 amide bonds. The highest BCUT2D eigenvalue weighted by molar-refractivity contribution is 5.64. The molecule has 2 N–H and O–H groups in total. The number of hydrogen-bond acceptors (Lipinski definition) is 3. The van der Waals surface area contributed by atoms with Gasteiger partial charge in [0, 0.05) is 25.3 Å². The molecule has 1 fully saturated rings. The SMILES string of the molecule is CN(C(=O)O)C1CCC(Nc2ccccn2)CC1. The molecule has 98 valence electrons. The van der Waals surface area contributed by atoms with Crippen molar-refractivity contribution in [2.24, 2.45) is 0 Å². The van der Waals surface area contributed by atoms with E-state index in [1.165, 1.54) is 4.90 Å². The van der Waals surface area contributed by atoms with Gasteiger partial charge in [0.25, 0.3) is 0 Å². The summed E-state index contributed by atoms with van der Waals surface area (Å²) in [6.07, 6.45) is 4.72. The number of nitrogens with one attached hydrogen (secondary N) is 1. The minimum absolute atomic E-state index is 0.157. The van der Waals surface area contributed by atoms with E-state index in [0.29, 0.717) is 6.04 Å². The van der Waals surface area contributed by atoms with Crippen LogP contribution in [0.25, 0.3) is 0 Å². The maximum Gasteiger partial charge on any atom is 0.407 e. The third-order valence-electron chi connectivity index (χ3n) is 3.56. The van der Waals surface area contributed by atoms with Crippen LogP contribution in [0.1, 0.15) is 25.7 Å². The van der Waals surface area contributed by atoms with Crippen LogP contribution in [0.4, 0.5) is 10.6 Å². The zero-order valence-corrected chi connectivity index (χ0v) is 10.5. The van der Waals surface area contributed by atoms with E-state index >= 15 is 0 Å². The molecular weight excluding hydrogens is 230 g/mol. The fraction of sp³-hybridized carbons (Fsp3) is 0.538. The van der Waals surface area contributed by atoms with E-state index < -0.39 is 6.09 Å². The average Bonchev–Trinajstić information content (AvgIpc) is 2.40. The molecule has 0 aliphatic heterocycles. The Balaban J connectivity index is 1.82. The summed E-state index contributed by atoms with van der Waals surface area (Å²) in [5.41, 5.74) is 0. The number of aromatic nitrogens is 1. The molecule has 0 bridgehead atoms. The van der Waals surface area contributed by atoms with E-state index in [1.54, 1.807) is 13.2 Å². The Morgan fingerprint density at radius 3 is 2.67 bits per heavy atom. The Kier molecular flexibility index (Phi) is 4.02. The van der Waals surface area contributed by atoms with Gasteiger partial charge in [-0.15, -0.1) is 0 Å². The van der Waals surface area contributed by atoms with Crippen molar-refractivity contribution in [1.29, 1.82) is 0 Å². The van der Waals surface area contributed by atoms with Crippen LogP contribution in [-0.4, -0.2) is 40.2 Å². The minimum atomic E-state index is -0.837. The van der Waals surface area contributed by atoms with Gasteiger partial charge in [-0.25, -0.2) is 9.78 Å². The number of rotatable bonds is 3. The molecule has 2 rings (SSSR count). The summed E-state index contributed by atoms with van der Waals surface area (Å²) in [7, 11) is 1.65. The third kappa shape index (κ3) is 3.12. The summed E-state index contributed by atoms with van der Waals surface area (Å²) in [4.78, 5) is 16.5. The molecule has 5 nitrogen and oxygen atoms in total. The van der Waals surface area contributed by atoms with Crippen LogP contribution >= 0.6 is 0 Å². The normalized spacial score (nSPS) is 23.4. The van der Waals surface area contributed by atoms with Gasteiger partial charge < -0.3 is 15.3 Å². The van der Waals surface area contributed by atoms with Gasteiger partial charge in [0.05, 0.1) is 0 Å². The lowest BCUT2D eigenvalue weighted by atomic mass is 9.90. The third-order valence-corrected chi connectivity index (χ3v) is 3.56. The van der Waals surface area contributed by atoms with Gasteiger partial charge in [0.15, 0.2) is 0 Å². The first-order chi connectivity index (χ1) is 8.66. The highest BCUT2D eigenvalue weighted by Crippen LogP contribution is 2.24. The molecule has 0 unspecified atom stereocenters. The minimum Gasteiger partial charge on any atom is -0.465 e. The molecule has 1 heterocycles. The van der Waals surface area contributed by atoms with Crippen LogP contribution in [0, 0.1) is 0 Å². The number of hydrogen-bond donors (Lipinski definition) is 2. The van der Waals surface area contributed by atoms with E-state index in [-0.39, 0.29) is 6.04 Å². The lowest BCUT2D eigenvalue weighted by Crippen LogP contribution is -2.40. The fourth-order valence-electron chi connectivity index (χ4n) is 2.42. The number of carboxylic acid groups (broad SMARTS) is 1. The second kappa shape index (κ2) is 5.71. The lowest BCUT2D eigenvalue weighted by Gasteiger charge is -2.33. The molecule has 1 saturated carbocycles. The topological polar surface area (TPSA) is 65.5 Å². The van der Waals surface area contributed by atoms with Crippen LogP contribution in [0.3, 0.4) is 0 Å². The zero-order valence-electron chi connectivity index (χ0n) is 10.5. The summed E-state index contributed by atoms with van der Waals surface area (Å²) in [6, 6.07) is 6.36. The van der Waals surface area contributed by atoms with Gasteiger partial charge in [-0.2, -0.15) is 0 Å². The number of pyridine rings is 1. The predicted molar refractivity (Wildman–Crippen MR) is 69.7 cm³/mol. The first-order valence-corrected chi connectivity index (χ1v) is 6.30. The van der Waals surface area contributed by atoms with E-state index in [1.807, 2.05) is 18.2 Å². The van der Waals surface area contributed by atoms with E-state index in [9.17, 15) is 4.79 Å². The van der Waals surface area contributed by atoms with Gasteiger partial charge in [0.2, 0.25) is 0 Å². The van der Waals surface area contributed by atoms with E-state index in [4.69, 9.17) is 5.11 Å². The molecule has 0 aromatic carbocycles. The maximum absolute atomic E-state index is 10.9. The monoisotopic (exact) mass is 249 g/mol.